The van der Waals surface area contributed by atoms with E-state index in [-0.39, 0.29) is 0 Å². The molecule has 0 saturated carbocycles. The molecule has 0 amide bonds. The maximum absolute atomic E-state index is 6.09. The van der Waals surface area contributed by atoms with Crippen LogP contribution in [0.2, 0.25) is 0 Å². The second kappa shape index (κ2) is 13.1. The van der Waals surface area contributed by atoms with Gasteiger partial charge in [-0.2, -0.15) is 0 Å². The average molecular weight is 621 g/mol. The molecule has 0 N–H and O–H groups in total. The largest absolute Gasteiger partial charge is 0.464 e. The summed E-state index contributed by atoms with van der Waals surface area (Å²) in [6.45, 7) is 0. The number of anilines is 6. The van der Waals surface area contributed by atoms with Gasteiger partial charge >= 0.3 is 0 Å². The number of hydrogen-bond donors (Lipinski definition) is 0. The molecule has 6 aromatic carbocycles. The highest BCUT2D eigenvalue weighted by molar-refractivity contribution is 5.94. The van der Waals surface area contributed by atoms with Crippen molar-refractivity contribution in [2.45, 2.75) is 0 Å². The molecule has 8 aromatic rings. The van der Waals surface area contributed by atoms with E-state index in [1.54, 1.807) is 12.5 Å². The predicted octanol–water partition coefficient (Wildman–Crippen LogP) is 12.8. The van der Waals surface area contributed by atoms with Gasteiger partial charge in [0, 0.05) is 45.3 Å². The Morgan fingerprint density at radius 1 is 0.271 bits per heavy atom. The van der Waals surface area contributed by atoms with Crippen LogP contribution in [0.15, 0.2) is 203 Å². The second-order valence-corrected chi connectivity index (χ2v) is 11.4. The van der Waals surface area contributed by atoms with Crippen LogP contribution in [0.1, 0.15) is 0 Å². The number of benzene rings is 6. The van der Waals surface area contributed by atoms with E-state index < -0.39 is 0 Å². The van der Waals surface area contributed by atoms with E-state index in [0.717, 1.165) is 67.9 Å². The van der Waals surface area contributed by atoms with Gasteiger partial charge in [0.15, 0.2) is 0 Å². The monoisotopic (exact) mass is 620 g/mol. The Hall–Kier alpha value is -6.52. The molecule has 0 aliphatic carbocycles. The lowest BCUT2D eigenvalue weighted by Crippen LogP contribution is -2.10. The SMILES string of the molecule is c1ccc(N(c2ccccc2)c2ccc(-c3ccc(N(c4ccccc4)c4ccccc4)cc3-c3ccco3)c(-c3ccco3)c2)cc1. The van der Waals surface area contributed by atoms with Crippen LogP contribution in [0.25, 0.3) is 33.8 Å². The molecular weight excluding hydrogens is 588 g/mol. The Balaban J connectivity index is 1.32. The summed E-state index contributed by atoms with van der Waals surface area (Å²) in [4.78, 5) is 4.54. The van der Waals surface area contributed by atoms with Crippen LogP contribution in [-0.4, -0.2) is 0 Å². The minimum Gasteiger partial charge on any atom is -0.464 e. The molecule has 0 fully saturated rings. The van der Waals surface area contributed by atoms with Crippen molar-refractivity contribution in [3.63, 3.8) is 0 Å². The van der Waals surface area contributed by atoms with Gasteiger partial charge in [-0.25, -0.2) is 0 Å². The Bertz CT molecular complexity index is 1970. The highest BCUT2D eigenvalue weighted by Gasteiger charge is 2.21. The zero-order chi connectivity index (χ0) is 32.1. The van der Waals surface area contributed by atoms with Crippen LogP contribution in [0, 0.1) is 0 Å². The molecule has 230 valence electrons. The normalized spacial score (nSPS) is 10.9. The summed E-state index contributed by atoms with van der Waals surface area (Å²) in [5.41, 5.74) is 10.4. The Labute approximate surface area is 280 Å². The smallest absolute Gasteiger partial charge is 0.134 e. The Kier molecular flexibility index (Phi) is 7.87. The molecule has 8 rings (SSSR count). The van der Waals surface area contributed by atoms with E-state index in [4.69, 9.17) is 8.83 Å². The molecule has 4 nitrogen and oxygen atoms in total. The molecule has 4 heteroatoms. The molecule has 0 unspecified atom stereocenters. The minimum atomic E-state index is 0.789. The average Bonchev–Trinajstić information content (AvgIpc) is 3.90. The zero-order valence-electron chi connectivity index (χ0n) is 26.2. The van der Waals surface area contributed by atoms with Gasteiger partial charge in [0.25, 0.3) is 0 Å². The number of hydrogen-bond acceptors (Lipinski definition) is 4. The minimum absolute atomic E-state index is 0.789. The van der Waals surface area contributed by atoms with Crippen molar-refractivity contribution < 1.29 is 8.83 Å². The maximum Gasteiger partial charge on any atom is 0.134 e. The zero-order valence-corrected chi connectivity index (χ0v) is 26.2. The fraction of sp³-hybridized carbons (Fsp3) is 0. The van der Waals surface area contributed by atoms with Crippen molar-refractivity contribution in [2.75, 3.05) is 9.80 Å². The molecule has 2 aromatic heterocycles. The summed E-state index contributed by atoms with van der Waals surface area (Å²) in [5, 5.41) is 0. The molecule has 0 aliphatic rings. The molecule has 0 atom stereocenters. The van der Waals surface area contributed by atoms with Crippen LogP contribution in [-0.2, 0) is 0 Å². The Morgan fingerprint density at radius 2 is 0.604 bits per heavy atom. The molecular formula is C44H32N2O2. The first-order chi connectivity index (χ1) is 23.8. The van der Waals surface area contributed by atoms with Crippen molar-refractivity contribution in [1.82, 2.24) is 0 Å². The van der Waals surface area contributed by atoms with Gasteiger partial charge in [-0.05, 0) is 108 Å². The van der Waals surface area contributed by atoms with Gasteiger partial charge in [0.05, 0.1) is 12.5 Å². The molecule has 0 saturated heterocycles. The lowest BCUT2D eigenvalue weighted by Gasteiger charge is -2.27. The first kappa shape index (κ1) is 28.9. The van der Waals surface area contributed by atoms with Gasteiger partial charge in [-0.15, -0.1) is 0 Å². The van der Waals surface area contributed by atoms with Gasteiger partial charge in [-0.3, -0.25) is 0 Å². The number of furan rings is 2. The number of nitrogens with zero attached hydrogens (tertiary/aromatic N) is 2. The van der Waals surface area contributed by atoms with E-state index in [9.17, 15) is 0 Å². The van der Waals surface area contributed by atoms with Gasteiger partial charge in [0.1, 0.15) is 11.5 Å². The van der Waals surface area contributed by atoms with Crippen LogP contribution in [0.5, 0.6) is 0 Å². The topological polar surface area (TPSA) is 32.8 Å². The fourth-order valence-electron chi connectivity index (χ4n) is 6.29. The van der Waals surface area contributed by atoms with E-state index in [1.807, 2.05) is 48.5 Å². The maximum atomic E-state index is 6.09. The summed E-state index contributed by atoms with van der Waals surface area (Å²) in [6, 6.07) is 62.9. The Morgan fingerprint density at radius 3 is 0.896 bits per heavy atom. The first-order valence-electron chi connectivity index (χ1n) is 16.0. The van der Waals surface area contributed by atoms with Crippen LogP contribution < -0.4 is 9.80 Å². The van der Waals surface area contributed by atoms with E-state index in [1.165, 1.54) is 0 Å². The van der Waals surface area contributed by atoms with Gasteiger partial charge in [0.2, 0.25) is 0 Å². The van der Waals surface area contributed by atoms with Crippen LogP contribution in [0.4, 0.5) is 34.1 Å². The number of para-hydroxylation sites is 4. The van der Waals surface area contributed by atoms with Crippen molar-refractivity contribution in [2.24, 2.45) is 0 Å². The van der Waals surface area contributed by atoms with E-state index >= 15 is 0 Å². The predicted molar refractivity (Wildman–Crippen MR) is 197 cm³/mol. The summed E-state index contributed by atoms with van der Waals surface area (Å²) < 4.78 is 12.2. The standard InChI is InChI=1S/C44H32N2O2/c1-5-15-33(16-6-1)45(34-17-7-2-8-18-34)37-25-27-39(41(31-37)43-23-13-29-47-43)40-28-26-38(32-42(40)44-24-14-30-48-44)46(35-19-9-3-10-20-35)36-21-11-4-12-22-36/h1-32H. The molecule has 0 aliphatic heterocycles. The third-order valence-electron chi connectivity index (χ3n) is 8.44. The van der Waals surface area contributed by atoms with Crippen molar-refractivity contribution in [3.8, 4) is 33.8 Å². The molecule has 48 heavy (non-hydrogen) atoms. The fourth-order valence-corrected chi connectivity index (χ4v) is 6.29. The molecule has 0 bridgehead atoms. The highest BCUT2D eigenvalue weighted by atomic mass is 16.3. The van der Waals surface area contributed by atoms with Gasteiger partial charge < -0.3 is 18.6 Å². The summed E-state index contributed by atoms with van der Waals surface area (Å²) in [5.74, 6) is 1.58. The summed E-state index contributed by atoms with van der Waals surface area (Å²) in [6.07, 6.45) is 3.46. The lowest BCUT2D eigenvalue weighted by molar-refractivity contribution is 0.581. The quantitative estimate of drug-likeness (QED) is 0.161. The summed E-state index contributed by atoms with van der Waals surface area (Å²) in [7, 11) is 0. The van der Waals surface area contributed by atoms with Crippen molar-refractivity contribution in [3.05, 3.63) is 195 Å². The van der Waals surface area contributed by atoms with E-state index in [2.05, 4.69) is 143 Å². The molecule has 0 radical (unpaired) electrons. The van der Waals surface area contributed by atoms with Crippen molar-refractivity contribution >= 4 is 34.1 Å². The highest BCUT2D eigenvalue weighted by Crippen LogP contribution is 2.45. The number of rotatable bonds is 9. The molecule has 2 heterocycles. The summed E-state index contributed by atoms with van der Waals surface area (Å²) >= 11 is 0. The second-order valence-electron chi connectivity index (χ2n) is 11.4. The van der Waals surface area contributed by atoms with Crippen LogP contribution in [0.3, 0.4) is 0 Å². The molecule has 0 spiro atoms. The third kappa shape index (κ3) is 5.68. The van der Waals surface area contributed by atoms with Crippen molar-refractivity contribution in [1.29, 1.82) is 0 Å². The van der Waals surface area contributed by atoms with E-state index in [0.29, 0.717) is 0 Å². The first-order valence-corrected chi connectivity index (χ1v) is 16.0. The van der Waals surface area contributed by atoms with Crippen LogP contribution >= 0.6 is 0 Å². The lowest BCUT2D eigenvalue weighted by atomic mass is 9.91. The van der Waals surface area contributed by atoms with Gasteiger partial charge in [-0.1, -0.05) is 84.9 Å². The third-order valence-corrected chi connectivity index (χ3v) is 8.44.